The fourth-order valence-electron chi connectivity index (χ4n) is 8.12. The lowest BCUT2D eigenvalue weighted by molar-refractivity contribution is -0.132. The molecule has 0 spiro atoms. The molecule has 0 heterocycles. The standard InChI is InChI=1S/C50H66N2O6/c1-9-29-55-45-35-21-17-22-36(45)34-38-24-19-26-40(47(38)57-31-11-3)44(50(54)52(15-7)16-8)42-28-20-27-41(48(42)58-32-12-4)43(49(53)51(13-5)14-6)39-25-18-23-37(33-35)46(39)56-30-10-2/h17-28,43-44H,9-16,29-34H2,1-8H3/t43-,44+. The predicted octanol–water partition coefficient (Wildman–Crippen LogP) is 10.3. The van der Waals surface area contributed by atoms with Gasteiger partial charge >= 0.3 is 0 Å². The second-order valence-electron chi connectivity index (χ2n) is 15.0. The molecule has 0 aliphatic heterocycles. The third-order valence-electron chi connectivity index (χ3n) is 11.0. The van der Waals surface area contributed by atoms with E-state index in [9.17, 15) is 0 Å². The summed E-state index contributed by atoms with van der Waals surface area (Å²) in [5, 5.41) is 0. The summed E-state index contributed by atoms with van der Waals surface area (Å²) in [7, 11) is 0. The van der Waals surface area contributed by atoms with Crippen molar-refractivity contribution < 1.29 is 28.5 Å². The number of carbonyl (C=O) groups excluding carboxylic acids is 2. The number of nitrogens with zero attached hydrogens (tertiary/aromatic N) is 2. The summed E-state index contributed by atoms with van der Waals surface area (Å²) in [6.07, 6.45) is 4.31. The number of para-hydroxylation sites is 4. The lowest BCUT2D eigenvalue weighted by Gasteiger charge is -2.32. The van der Waals surface area contributed by atoms with Crippen molar-refractivity contribution in [2.24, 2.45) is 0 Å². The molecule has 58 heavy (non-hydrogen) atoms. The predicted molar refractivity (Wildman–Crippen MR) is 234 cm³/mol. The molecule has 0 unspecified atom stereocenters. The molecule has 0 saturated carbocycles. The van der Waals surface area contributed by atoms with E-state index in [-0.39, 0.29) is 11.8 Å². The van der Waals surface area contributed by atoms with Crippen molar-refractivity contribution >= 4 is 11.8 Å². The van der Waals surface area contributed by atoms with Crippen molar-refractivity contribution in [3.63, 3.8) is 0 Å². The first kappa shape index (κ1) is 44.1. The molecule has 0 N–H and O–H groups in total. The summed E-state index contributed by atoms with van der Waals surface area (Å²) >= 11 is 0. The van der Waals surface area contributed by atoms with Crippen molar-refractivity contribution in [2.45, 2.75) is 106 Å². The van der Waals surface area contributed by atoms with Crippen LogP contribution in [0.4, 0.5) is 0 Å². The topological polar surface area (TPSA) is 77.5 Å². The van der Waals surface area contributed by atoms with Gasteiger partial charge in [0.05, 0.1) is 38.3 Å². The Bertz CT molecular complexity index is 1840. The van der Waals surface area contributed by atoms with E-state index in [1.54, 1.807) is 0 Å². The monoisotopic (exact) mass is 790 g/mol. The molecule has 8 heteroatoms. The normalized spacial score (nSPS) is 14.7. The molecule has 2 amide bonds. The smallest absolute Gasteiger partial charge is 0.234 e. The molecular formula is C50H66N2O6. The summed E-state index contributed by atoms with van der Waals surface area (Å²) < 4.78 is 27.0. The number of amides is 2. The zero-order valence-corrected chi connectivity index (χ0v) is 36.3. The third-order valence-corrected chi connectivity index (χ3v) is 11.0. The second kappa shape index (κ2) is 21.7. The summed E-state index contributed by atoms with van der Waals surface area (Å²) in [6.45, 7) is 20.6. The minimum Gasteiger partial charge on any atom is -0.493 e. The number of hydrogen-bond acceptors (Lipinski definition) is 6. The second-order valence-corrected chi connectivity index (χ2v) is 15.0. The summed E-state index contributed by atoms with van der Waals surface area (Å²) in [5.41, 5.74) is 7.02. The molecule has 4 aromatic carbocycles. The van der Waals surface area contributed by atoms with Crippen LogP contribution in [0.1, 0.15) is 137 Å². The summed E-state index contributed by atoms with van der Waals surface area (Å²) in [5.74, 6) is 1.18. The fraction of sp³-hybridized carbons (Fsp3) is 0.480. The quantitative estimate of drug-likeness (QED) is 0.0999. The van der Waals surface area contributed by atoms with Crippen LogP contribution < -0.4 is 18.9 Å². The first-order chi connectivity index (χ1) is 28.3. The number of carbonyl (C=O) groups is 2. The Kier molecular flexibility index (Phi) is 16.5. The average molecular weight is 791 g/mol. The highest BCUT2D eigenvalue weighted by molar-refractivity contribution is 5.92. The molecule has 8 nitrogen and oxygen atoms in total. The number of ether oxygens (including phenoxy) is 4. The summed E-state index contributed by atoms with van der Waals surface area (Å²) in [6, 6.07) is 24.7. The number of hydrogen-bond donors (Lipinski definition) is 0. The molecule has 0 saturated heterocycles. The lowest BCUT2D eigenvalue weighted by atomic mass is 9.81. The molecule has 0 fully saturated rings. The van der Waals surface area contributed by atoms with E-state index < -0.39 is 11.8 Å². The van der Waals surface area contributed by atoms with Crippen LogP contribution in [-0.2, 0) is 22.4 Å². The Balaban J connectivity index is 2.00. The molecule has 0 aromatic heterocycles. The van der Waals surface area contributed by atoms with Crippen LogP contribution in [0.2, 0.25) is 0 Å². The van der Waals surface area contributed by atoms with Gasteiger partial charge in [-0.2, -0.15) is 0 Å². The molecule has 8 bridgehead atoms. The van der Waals surface area contributed by atoms with Crippen molar-refractivity contribution in [1.29, 1.82) is 0 Å². The van der Waals surface area contributed by atoms with Gasteiger partial charge < -0.3 is 28.7 Å². The maximum Gasteiger partial charge on any atom is 0.234 e. The van der Waals surface area contributed by atoms with E-state index in [0.717, 1.165) is 64.8 Å². The van der Waals surface area contributed by atoms with E-state index in [1.807, 2.05) is 80.0 Å². The van der Waals surface area contributed by atoms with Crippen LogP contribution in [0.5, 0.6) is 23.0 Å². The number of fused-ring (bicyclic) bond motifs is 8. The maximum atomic E-state index is 15.2. The Labute approximate surface area is 347 Å². The maximum absolute atomic E-state index is 15.2. The van der Waals surface area contributed by atoms with Crippen LogP contribution in [0.15, 0.2) is 72.8 Å². The van der Waals surface area contributed by atoms with Gasteiger partial charge in [0.15, 0.2) is 0 Å². The Morgan fingerprint density at radius 2 is 0.707 bits per heavy atom. The average Bonchev–Trinajstić information content (AvgIpc) is 3.23. The van der Waals surface area contributed by atoms with Crippen LogP contribution in [0.25, 0.3) is 0 Å². The largest absolute Gasteiger partial charge is 0.493 e. The van der Waals surface area contributed by atoms with Gasteiger partial charge in [0.1, 0.15) is 23.0 Å². The SMILES string of the molecule is CCCOc1c2cccc1Cc1cccc(c1OCCC)[C@H](C(=O)N(CC)CC)c1cccc(c1OCCC)[C@H](C(=O)N(CC)CC)c1cccc(c1OCCC)C2. The number of benzene rings is 4. The molecule has 4 aromatic rings. The number of rotatable bonds is 18. The van der Waals surface area contributed by atoms with Crippen molar-refractivity contribution in [1.82, 2.24) is 9.80 Å². The number of likely N-dealkylation sites (N-methyl/N-ethyl adjacent to an activating group) is 2. The highest BCUT2D eigenvalue weighted by Crippen LogP contribution is 2.47. The minimum atomic E-state index is -0.778. The van der Waals surface area contributed by atoms with Gasteiger partial charge in [-0.1, -0.05) is 100 Å². The Morgan fingerprint density at radius 1 is 0.431 bits per heavy atom. The molecule has 5 rings (SSSR count). The van der Waals surface area contributed by atoms with Gasteiger partial charge in [-0.05, 0) is 75.6 Å². The van der Waals surface area contributed by atoms with Gasteiger partial charge in [-0.15, -0.1) is 0 Å². The van der Waals surface area contributed by atoms with Crippen LogP contribution in [-0.4, -0.2) is 74.2 Å². The molecule has 1 aliphatic rings. The summed E-state index contributed by atoms with van der Waals surface area (Å²) in [4.78, 5) is 34.2. The highest BCUT2D eigenvalue weighted by atomic mass is 16.5. The van der Waals surface area contributed by atoms with E-state index in [0.29, 0.717) is 93.8 Å². The van der Waals surface area contributed by atoms with Gasteiger partial charge in [0.25, 0.3) is 0 Å². The first-order valence-electron chi connectivity index (χ1n) is 21.9. The van der Waals surface area contributed by atoms with Gasteiger partial charge in [0.2, 0.25) is 11.8 Å². The first-order valence-corrected chi connectivity index (χ1v) is 21.9. The molecule has 1 aliphatic carbocycles. The van der Waals surface area contributed by atoms with E-state index in [4.69, 9.17) is 18.9 Å². The van der Waals surface area contributed by atoms with Gasteiger partial charge in [-0.25, -0.2) is 0 Å². The fourth-order valence-corrected chi connectivity index (χ4v) is 8.12. The molecule has 0 radical (unpaired) electrons. The zero-order chi connectivity index (χ0) is 41.6. The van der Waals surface area contributed by atoms with Crippen LogP contribution in [0.3, 0.4) is 0 Å². The van der Waals surface area contributed by atoms with Crippen molar-refractivity contribution in [3.8, 4) is 23.0 Å². The highest BCUT2D eigenvalue weighted by Gasteiger charge is 2.38. The third kappa shape index (κ3) is 9.65. The van der Waals surface area contributed by atoms with Gasteiger partial charge in [0, 0.05) is 61.3 Å². The van der Waals surface area contributed by atoms with Crippen molar-refractivity contribution in [2.75, 3.05) is 52.6 Å². The molecular weight excluding hydrogens is 725 g/mol. The van der Waals surface area contributed by atoms with Crippen LogP contribution in [0, 0.1) is 0 Å². The van der Waals surface area contributed by atoms with Crippen LogP contribution >= 0.6 is 0 Å². The van der Waals surface area contributed by atoms with Crippen molar-refractivity contribution in [3.05, 3.63) is 117 Å². The zero-order valence-electron chi connectivity index (χ0n) is 36.3. The van der Waals surface area contributed by atoms with Gasteiger partial charge in [-0.3, -0.25) is 9.59 Å². The molecule has 2 atom stereocenters. The van der Waals surface area contributed by atoms with E-state index in [1.165, 1.54) is 0 Å². The minimum absolute atomic E-state index is 0.0438. The van der Waals surface area contributed by atoms with E-state index >= 15 is 9.59 Å². The lowest BCUT2D eigenvalue weighted by Crippen LogP contribution is -2.37. The molecule has 312 valence electrons. The Hall–Kier alpha value is -4.98. The Morgan fingerprint density at radius 3 is 1.05 bits per heavy atom. The van der Waals surface area contributed by atoms with E-state index in [2.05, 4.69) is 58.0 Å².